The summed E-state index contributed by atoms with van der Waals surface area (Å²) < 4.78 is 0.921. The fraction of sp³-hybridized carbons (Fsp3) is 0.176. The van der Waals surface area contributed by atoms with Crippen molar-refractivity contribution in [2.24, 2.45) is 0 Å². The third-order valence-corrected chi connectivity index (χ3v) is 4.79. The van der Waals surface area contributed by atoms with Crippen molar-refractivity contribution in [3.05, 3.63) is 63.1 Å². The molecule has 4 heteroatoms. The second-order valence-electron chi connectivity index (χ2n) is 5.21. The molecule has 0 aliphatic carbocycles. The van der Waals surface area contributed by atoms with Gasteiger partial charge in [-0.3, -0.25) is 9.59 Å². The van der Waals surface area contributed by atoms with Gasteiger partial charge in [0.05, 0.1) is 6.42 Å². The van der Waals surface area contributed by atoms with Crippen LogP contribution >= 0.6 is 15.9 Å². The molecule has 0 fully saturated rings. The van der Waals surface area contributed by atoms with Crippen LogP contribution in [0.1, 0.15) is 27.0 Å². The van der Waals surface area contributed by atoms with Gasteiger partial charge in [0.25, 0.3) is 0 Å². The molecule has 3 nitrogen and oxygen atoms in total. The Hall–Kier alpha value is -1.94. The van der Waals surface area contributed by atoms with E-state index in [2.05, 4.69) is 15.9 Å². The van der Waals surface area contributed by atoms with Crippen LogP contribution in [0.2, 0.25) is 0 Å². The van der Waals surface area contributed by atoms with Crippen LogP contribution in [-0.4, -0.2) is 18.7 Å². The van der Waals surface area contributed by atoms with Gasteiger partial charge in [0.2, 0.25) is 5.91 Å². The van der Waals surface area contributed by atoms with Gasteiger partial charge in [-0.2, -0.15) is 0 Å². The number of nitrogens with zero attached hydrogens (tertiary/aromatic N) is 1. The molecule has 0 atom stereocenters. The minimum absolute atomic E-state index is 0.0152. The zero-order valence-electron chi connectivity index (χ0n) is 11.8. The van der Waals surface area contributed by atoms with Gasteiger partial charge in [-0.15, -0.1) is 0 Å². The average molecular weight is 344 g/mol. The molecule has 0 saturated carbocycles. The van der Waals surface area contributed by atoms with Crippen LogP contribution in [0.4, 0.5) is 5.69 Å². The quantitative estimate of drug-likeness (QED) is 0.782. The summed E-state index contributed by atoms with van der Waals surface area (Å²) >= 11 is 3.45. The van der Waals surface area contributed by atoms with Gasteiger partial charge in [0.1, 0.15) is 0 Å². The summed E-state index contributed by atoms with van der Waals surface area (Å²) in [4.78, 5) is 26.0. The molecule has 0 saturated heterocycles. The van der Waals surface area contributed by atoms with Crippen molar-refractivity contribution in [1.29, 1.82) is 0 Å². The molecule has 1 aliphatic heterocycles. The smallest absolute Gasteiger partial charge is 0.231 e. The first-order valence-electron chi connectivity index (χ1n) is 6.68. The van der Waals surface area contributed by atoms with Crippen molar-refractivity contribution in [2.75, 3.05) is 11.9 Å². The minimum atomic E-state index is -0.0152. The number of anilines is 1. The second kappa shape index (κ2) is 5.11. The lowest BCUT2D eigenvalue weighted by molar-refractivity contribution is -0.117. The topological polar surface area (TPSA) is 37.4 Å². The lowest BCUT2D eigenvalue weighted by atomic mass is 9.97. The number of ketones is 1. The Morgan fingerprint density at radius 3 is 2.76 bits per heavy atom. The van der Waals surface area contributed by atoms with Crippen LogP contribution < -0.4 is 4.90 Å². The summed E-state index contributed by atoms with van der Waals surface area (Å²) in [6.07, 6.45) is 0.365. The molecular weight excluding hydrogens is 330 g/mol. The van der Waals surface area contributed by atoms with Crippen LogP contribution in [-0.2, 0) is 11.2 Å². The molecule has 2 aromatic rings. The first-order chi connectivity index (χ1) is 9.99. The van der Waals surface area contributed by atoms with Gasteiger partial charge in [-0.05, 0) is 42.3 Å². The monoisotopic (exact) mass is 343 g/mol. The van der Waals surface area contributed by atoms with Crippen molar-refractivity contribution < 1.29 is 9.59 Å². The predicted molar refractivity (Wildman–Crippen MR) is 85.9 cm³/mol. The zero-order valence-corrected chi connectivity index (χ0v) is 13.4. The Bertz CT molecular complexity index is 767. The van der Waals surface area contributed by atoms with Crippen LogP contribution in [0, 0.1) is 6.92 Å². The maximum Gasteiger partial charge on any atom is 0.231 e. The van der Waals surface area contributed by atoms with E-state index in [1.165, 1.54) is 0 Å². The highest BCUT2D eigenvalue weighted by Crippen LogP contribution is 2.30. The van der Waals surface area contributed by atoms with Gasteiger partial charge in [0.15, 0.2) is 5.78 Å². The maximum atomic E-state index is 12.7. The molecule has 0 unspecified atom stereocenters. The first-order valence-corrected chi connectivity index (χ1v) is 7.47. The van der Waals surface area contributed by atoms with E-state index in [-0.39, 0.29) is 11.7 Å². The molecule has 106 valence electrons. The first kappa shape index (κ1) is 14.0. The number of rotatable bonds is 2. The van der Waals surface area contributed by atoms with E-state index in [4.69, 9.17) is 0 Å². The number of fused-ring (bicyclic) bond motifs is 1. The molecule has 2 aromatic carbocycles. The standard InChI is InChI=1S/C17H14BrNO2/c1-10-13(4-3-5-14(10)18)17(21)11-6-7-15-12(8-11)9-16(20)19(15)2/h3-8H,9H2,1-2H3. The number of halogens is 1. The molecule has 0 spiro atoms. The number of benzene rings is 2. The lowest BCUT2D eigenvalue weighted by Crippen LogP contribution is -2.20. The fourth-order valence-electron chi connectivity index (χ4n) is 2.62. The summed E-state index contributed by atoms with van der Waals surface area (Å²) in [5, 5.41) is 0. The minimum Gasteiger partial charge on any atom is -0.315 e. The molecule has 1 heterocycles. The zero-order chi connectivity index (χ0) is 15.1. The Kier molecular flexibility index (Phi) is 3.41. The maximum absolute atomic E-state index is 12.7. The van der Waals surface area contributed by atoms with E-state index in [9.17, 15) is 9.59 Å². The highest BCUT2D eigenvalue weighted by atomic mass is 79.9. The number of amides is 1. The summed E-state index contributed by atoms with van der Waals surface area (Å²) in [6.45, 7) is 1.92. The largest absolute Gasteiger partial charge is 0.315 e. The Labute approximate surface area is 131 Å². The summed E-state index contributed by atoms with van der Waals surface area (Å²) in [7, 11) is 1.76. The van der Waals surface area contributed by atoms with Crippen molar-refractivity contribution >= 4 is 33.3 Å². The van der Waals surface area contributed by atoms with E-state index in [0.717, 1.165) is 21.3 Å². The SMILES string of the molecule is Cc1c(Br)cccc1C(=O)c1ccc2c(c1)CC(=O)N2C. The number of carbonyl (C=O) groups is 2. The average Bonchev–Trinajstić information content (AvgIpc) is 2.76. The van der Waals surface area contributed by atoms with Gasteiger partial charge in [0, 0.05) is 28.3 Å². The van der Waals surface area contributed by atoms with Crippen molar-refractivity contribution in [3.63, 3.8) is 0 Å². The van der Waals surface area contributed by atoms with Crippen LogP contribution in [0.15, 0.2) is 40.9 Å². The Morgan fingerprint density at radius 2 is 2.00 bits per heavy atom. The molecule has 21 heavy (non-hydrogen) atoms. The fourth-order valence-corrected chi connectivity index (χ4v) is 2.99. The second-order valence-corrected chi connectivity index (χ2v) is 6.07. The highest BCUT2D eigenvalue weighted by Gasteiger charge is 2.25. The molecule has 0 aromatic heterocycles. The number of carbonyl (C=O) groups excluding carboxylic acids is 2. The number of hydrogen-bond donors (Lipinski definition) is 0. The number of likely N-dealkylation sites (N-methyl/N-ethyl adjacent to an activating group) is 1. The van der Waals surface area contributed by atoms with Crippen LogP contribution in [0.5, 0.6) is 0 Å². The van der Waals surface area contributed by atoms with E-state index in [0.29, 0.717) is 17.5 Å². The van der Waals surface area contributed by atoms with Crippen molar-refractivity contribution in [1.82, 2.24) is 0 Å². The predicted octanol–water partition coefficient (Wildman–Crippen LogP) is 3.51. The van der Waals surface area contributed by atoms with Crippen molar-refractivity contribution in [2.45, 2.75) is 13.3 Å². The molecule has 0 radical (unpaired) electrons. The third kappa shape index (κ3) is 2.29. The van der Waals surface area contributed by atoms with Crippen LogP contribution in [0.25, 0.3) is 0 Å². The normalized spacial score (nSPS) is 13.5. The van der Waals surface area contributed by atoms with Gasteiger partial charge < -0.3 is 4.90 Å². The van der Waals surface area contributed by atoms with Crippen molar-refractivity contribution in [3.8, 4) is 0 Å². The lowest BCUT2D eigenvalue weighted by Gasteiger charge is -2.11. The van der Waals surface area contributed by atoms with Gasteiger partial charge in [-0.25, -0.2) is 0 Å². The van der Waals surface area contributed by atoms with Crippen LogP contribution in [0.3, 0.4) is 0 Å². The van der Waals surface area contributed by atoms with E-state index >= 15 is 0 Å². The van der Waals surface area contributed by atoms with E-state index < -0.39 is 0 Å². The molecule has 0 bridgehead atoms. The van der Waals surface area contributed by atoms with E-state index in [1.807, 2.05) is 37.3 Å². The Morgan fingerprint density at radius 1 is 1.24 bits per heavy atom. The highest BCUT2D eigenvalue weighted by molar-refractivity contribution is 9.10. The molecule has 1 aliphatic rings. The third-order valence-electron chi connectivity index (χ3n) is 3.93. The molecular formula is C17H14BrNO2. The molecule has 1 amide bonds. The van der Waals surface area contributed by atoms with Gasteiger partial charge in [-0.1, -0.05) is 28.1 Å². The molecule has 0 N–H and O–H groups in total. The van der Waals surface area contributed by atoms with Gasteiger partial charge >= 0.3 is 0 Å². The summed E-state index contributed by atoms with van der Waals surface area (Å²) in [5.41, 5.74) is 4.04. The van der Waals surface area contributed by atoms with E-state index in [1.54, 1.807) is 18.0 Å². The summed E-state index contributed by atoms with van der Waals surface area (Å²) in [5.74, 6) is 0.0480. The molecule has 3 rings (SSSR count). The Balaban J connectivity index is 2.02. The number of hydrogen-bond acceptors (Lipinski definition) is 2. The summed E-state index contributed by atoms with van der Waals surface area (Å²) in [6, 6.07) is 11.1.